The van der Waals surface area contributed by atoms with Gasteiger partial charge in [0.15, 0.2) is 5.69 Å². The summed E-state index contributed by atoms with van der Waals surface area (Å²) < 4.78 is 0. The second kappa shape index (κ2) is 7.26. The van der Waals surface area contributed by atoms with Crippen LogP contribution < -0.4 is 10.6 Å². The number of unbranched alkanes of at least 4 members (excludes halogenated alkanes) is 2. The van der Waals surface area contributed by atoms with Crippen molar-refractivity contribution in [3.8, 4) is 0 Å². The fourth-order valence-corrected chi connectivity index (χ4v) is 1.42. The van der Waals surface area contributed by atoms with Crippen molar-refractivity contribution in [3.05, 3.63) is 24.0 Å². The van der Waals surface area contributed by atoms with Gasteiger partial charge in [-0.2, -0.15) is 0 Å². The Balaban J connectivity index is 2.51. The Labute approximate surface area is 105 Å². The van der Waals surface area contributed by atoms with Gasteiger partial charge in [0.1, 0.15) is 0 Å². The Morgan fingerprint density at radius 1 is 1.39 bits per heavy atom. The van der Waals surface area contributed by atoms with Crippen molar-refractivity contribution in [2.45, 2.75) is 26.2 Å². The van der Waals surface area contributed by atoms with Gasteiger partial charge in [-0.1, -0.05) is 19.8 Å². The number of aromatic nitrogens is 1. The molecule has 0 saturated heterocycles. The molecule has 1 rings (SSSR count). The maximum atomic E-state index is 11.5. The zero-order chi connectivity index (χ0) is 13.4. The van der Waals surface area contributed by atoms with Gasteiger partial charge in [0.25, 0.3) is 0 Å². The molecular weight excluding hydrogens is 234 g/mol. The summed E-state index contributed by atoms with van der Waals surface area (Å²) in [5.41, 5.74) is 0.0270. The lowest BCUT2D eigenvalue weighted by molar-refractivity contribution is 0.0692. The molecule has 0 atom stereocenters. The molecule has 0 aliphatic rings. The van der Waals surface area contributed by atoms with Crippen molar-refractivity contribution >= 4 is 17.7 Å². The van der Waals surface area contributed by atoms with Gasteiger partial charge in [0, 0.05) is 12.7 Å². The Bertz CT molecular complexity index is 421. The summed E-state index contributed by atoms with van der Waals surface area (Å²) in [5, 5.41) is 14.0. The fraction of sp³-hybridized carbons (Fsp3) is 0.417. The standard InChI is InChI=1S/C12H17N3O3/c1-2-3-4-7-14-12(18)15-9-6-5-8-13-10(9)11(16)17/h5-6,8H,2-4,7H2,1H3,(H,16,17)(H2,14,15,18). The quantitative estimate of drug-likeness (QED) is 0.675. The van der Waals surface area contributed by atoms with E-state index in [1.807, 2.05) is 0 Å². The van der Waals surface area contributed by atoms with Crippen LogP contribution in [0.5, 0.6) is 0 Å². The highest BCUT2D eigenvalue weighted by molar-refractivity contribution is 5.98. The van der Waals surface area contributed by atoms with Gasteiger partial charge in [-0.3, -0.25) is 0 Å². The summed E-state index contributed by atoms with van der Waals surface area (Å²) in [6.07, 6.45) is 4.40. The number of anilines is 1. The Hall–Kier alpha value is -2.11. The van der Waals surface area contributed by atoms with Crippen LogP contribution in [0.1, 0.15) is 36.7 Å². The van der Waals surface area contributed by atoms with Crippen LogP contribution in [0.3, 0.4) is 0 Å². The molecule has 1 aromatic rings. The number of pyridine rings is 1. The van der Waals surface area contributed by atoms with E-state index >= 15 is 0 Å². The number of aromatic carboxylic acids is 1. The van der Waals surface area contributed by atoms with Crippen molar-refractivity contribution in [2.75, 3.05) is 11.9 Å². The van der Waals surface area contributed by atoms with Gasteiger partial charge in [-0.25, -0.2) is 14.6 Å². The normalized spacial score (nSPS) is 9.83. The van der Waals surface area contributed by atoms with E-state index < -0.39 is 12.0 Å². The van der Waals surface area contributed by atoms with Crippen molar-refractivity contribution in [1.29, 1.82) is 0 Å². The van der Waals surface area contributed by atoms with E-state index in [0.29, 0.717) is 6.54 Å². The minimum Gasteiger partial charge on any atom is -0.476 e. The first-order chi connectivity index (χ1) is 8.65. The van der Waals surface area contributed by atoms with E-state index in [2.05, 4.69) is 22.5 Å². The summed E-state index contributed by atoms with van der Waals surface area (Å²) >= 11 is 0. The smallest absolute Gasteiger partial charge is 0.356 e. The average molecular weight is 251 g/mol. The van der Waals surface area contributed by atoms with Crippen molar-refractivity contribution in [2.24, 2.45) is 0 Å². The SMILES string of the molecule is CCCCCNC(=O)Nc1cccnc1C(=O)O. The van der Waals surface area contributed by atoms with Gasteiger partial charge in [-0.15, -0.1) is 0 Å². The topological polar surface area (TPSA) is 91.3 Å². The number of hydrogen-bond donors (Lipinski definition) is 3. The van der Waals surface area contributed by atoms with Gasteiger partial charge in [0.2, 0.25) is 0 Å². The molecule has 0 fully saturated rings. The molecule has 1 aromatic heterocycles. The lowest BCUT2D eigenvalue weighted by Gasteiger charge is -2.08. The molecule has 0 aliphatic heterocycles. The predicted molar refractivity (Wildman–Crippen MR) is 67.7 cm³/mol. The second-order valence-corrected chi connectivity index (χ2v) is 3.79. The van der Waals surface area contributed by atoms with Gasteiger partial charge in [0.05, 0.1) is 5.69 Å². The van der Waals surface area contributed by atoms with Crippen molar-refractivity contribution in [3.63, 3.8) is 0 Å². The van der Waals surface area contributed by atoms with Crippen LogP contribution in [0.15, 0.2) is 18.3 Å². The number of nitrogens with one attached hydrogen (secondary N) is 2. The lowest BCUT2D eigenvalue weighted by Crippen LogP contribution is -2.30. The number of carbonyl (C=O) groups is 2. The molecule has 0 bridgehead atoms. The molecule has 3 N–H and O–H groups in total. The summed E-state index contributed by atoms with van der Waals surface area (Å²) in [5.74, 6) is -1.17. The van der Waals surface area contributed by atoms with Crippen LogP contribution in [-0.4, -0.2) is 28.6 Å². The molecule has 18 heavy (non-hydrogen) atoms. The number of carboxylic acid groups (broad SMARTS) is 1. The summed E-state index contributed by atoms with van der Waals surface area (Å²) in [6.45, 7) is 2.65. The second-order valence-electron chi connectivity index (χ2n) is 3.79. The van der Waals surface area contributed by atoms with Crippen LogP contribution in [0.4, 0.5) is 10.5 Å². The molecule has 0 aliphatic carbocycles. The van der Waals surface area contributed by atoms with Crippen LogP contribution in [0.25, 0.3) is 0 Å². The molecule has 6 heteroatoms. The highest BCUT2D eigenvalue weighted by Crippen LogP contribution is 2.11. The third kappa shape index (κ3) is 4.40. The molecule has 6 nitrogen and oxygen atoms in total. The molecule has 0 radical (unpaired) electrons. The first-order valence-electron chi connectivity index (χ1n) is 5.88. The number of carboxylic acids is 1. The van der Waals surface area contributed by atoms with Gasteiger partial charge < -0.3 is 15.7 Å². The van der Waals surface area contributed by atoms with Crippen LogP contribution in [0, 0.1) is 0 Å². The van der Waals surface area contributed by atoms with E-state index in [1.165, 1.54) is 12.3 Å². The van der Waals surface area contributed by atoms with Crippen LogP contribution >= 0.6 is 0 Å². The van der Waals surface area contributed by atoms with Crippen LogP contribution in [0.2, 0.25) is 0 Å². The number of urea groups is 1. The van der Waals surface area contributed by atoms with E-state index in [4.69, 9.17) is 5.11 Å². The van der Waals surface area contributed by atoms with E-state index in [0.717, 1.165) is 19.3 Å². The van der Waals surface area contributed by atoms with Gasteiger partial charge in [-0.05, 0) is 18.6 Å². The van der Waals surface area contributed by atoms with Crippen molar-refractivity contribution < 1.29 is 14.7 Å². The van der Waals surface area contributed by atoms with E-state index in [9.17, 15) is 9.59 Å². The summed E-state index contributed by atoms with van der Waals surface area (Å²) in [7, 11) is 0. The zero-order valence-electron chi connectivity index (χ0n) is 10.3. The largest absolute Gasteiger partial charge is 0.476 e. The van der Waals surface area contributed by atoms with E-state index in [-0.39, 0.29) is 11.4 Å². The Morgan fingerprint density at radius 2 is 2.17 bits per heavy atom. The monoisotopic (exact) mass is 251 g/mol. The minimum absolute atomic E-state index is 0.166. The highest BCUT2D eigenvalue weighted by atomic mass is 16.4. The number of amides is 2. The molecule has 0 aromatic carbocycles. The number of hydrogen-bond acceptors (Lipinski definition) is 3. The highest BCUT2D eigenvalue weighted by Gasteiger charge is 2.12. The Kier molecular flexibility index (Phi) is 5.63. The first-order valence-corrected chi connectivity index (χ1v) is 5.88. The average Bonchev–Trinajstić information content (AvgIpc) is 2.35. The molecular formula is C12H17N3O3. The number of rotatable bonds is 6. The maximum Gasteiger partial charge on any atom is 0.356 e. The molecule has 0 unspecified atom stereocenters. The number of nitrogens with zero attached hydrogens (tertiary/aromatic N) is 1. The molecule has 98 valence electrons. The lowest BCUT2D eigenvalue weighted by atomic mass is 10.2. The summed E-state index contributed by atoms with van der Waals surface area (Å²) in [6, 6.07) is 2.66. The van der Waals surface area contributed by atoms with E-state index in [1.54, 1.807) is 6.07 Å². The third-order valence-electron chi connectivity index (χ3n) is 2.32. The maximum absolute atomic E-state index is 11.5. The summed E-state index contributed by atoms with van der Waals surface area (Å²) in [4.78, 5) is 26.1. The third-order valence-corrected chi connectivity index (χ3v) is 2.32. The predicted octanol–water partition coefficient (Wildman–Crippen LogP) is 2.09. The molecule has 0 spiro atoms. The fourth-order valence-electron chi connectivity index (χ4n) is 1.42. The number of carbonyl (C=O) groups excluding carboxylic acids is 1. The van der Waals surface area contributed by atoms with Gasteiger partial charge >= 0.3 is 12.0 Å². The molecule has 1 heterocycles. The van der Waals surface area contributed by atoms with Crippen molar-refractivity contribution in [1.82, 2.24) is 10.3 Å². The molecule has 2 amide bonds. The zero-order valence-corrected chi connectivity index (χ0v) is 10.3. The van der Waals surface area contributed by atoms with Crippen LogP contribution in [-0.2, 0) is 0 Å². The molecule has 0 saturated carbocycles. The Morgan fingerprint density at radius 3 is 2.83 bits per heavy atom. The minimum atomic E-state index is -1.17. The first kappa shape index (κ1) is 14.0.